The molecule has 0 saturated carbocycles. The third kappa shape index (κ3) is 10.0. The van der Waals surface area contributed by atoms with Gasteiger partial charge in [0.25, 0.3) is 11.8 Å². The number of allylic oxidation sites excluding steroid dienone is 1. The molecule has 16 heteroatoms. The maximum atomic E-state index is 13.1. The molecule has 0 fully saturated rings. The number of amides is 2. The minimum Gasteiger partial charge on any atom is -0.481 e. The zero-order valence-corrected chi connectivity index (χ0v) is 30.5. The Hall–Kier alpha value is -4.47. The number of carbonyl (C=O) groups is 4. The van der Waals surface area contributed by atoms with Crippen molar-refractivity contribution in [2.24, 2.45) is 16.8 Å². The molecule has 0 aliphatic heterocycles. The first-order chi connectivity index (χ1) is 23.7. The zero-order valence-electron chi connectivity index (χ0n) is 27.4. The van der Waals surface area contributed by atoms with Gasteiger partial charge in [0.1, 0.15) is 6.04 Å². The predicted molar refractivity (Wildman–Crippen MR) is 198 cm³/mol. The number of aliphatic carboxylic acids is 2. The van der Waals surface area contributed by atoms with Gasteiger partial charge in [-0.25, -0.2) is 9.97 Å². The highest BCUT2D eigenvalue weighted by molar-refractivity contribution is 7.14. The van der Waals surface area contributed by atoms with Crippen LogP contribution in [0.2, 0.25) is 10.0 Å². The molecule has 262 valence electrons. The third-order valence-corrected chi connectivity index (χ3v) is 9.85. The summed E-state index contributed by atoms with van der Waals surface area (Å²) in [6, 6.07) is 9.24. The van der Waals surface area contributed by atoms with Crippen LogP contribution in [0.25, 0.3) is 11.1 Å². The van der Waals surface area contributed by atoms with Gasteiger partial charge < -0.3 is 20.8 Å². The van der Waals surface area contributed by atoms with Crippen LogP contribution in [0.4, 0.5) is 11.4 Å². The summed E-state index contributed by atoms with van der Waals surface area (Å²) in [6.45, 7) is 7.62. The average Bonchev–Trinajstić information content (AvgIpc) is 3.73. The Labute approximate surface area is 306 Å². The standard InChI is InChI=1S/C34H34Cl2N6O6S2/c1-17(2)11-26(34(47)48)38-13-20-15-40-32(50-20)30(44)42-25-10-6-8-22(28(25)36)21-7-5-9-24(27(21)35)41-29(43)31-39-14-19(49-31)12-37-16-23(18(3)4)33(45)46/h5-11,14-16,18,23,26,38H,12-13H2,1-4H3,(H,41,43)(H,42,44)(H,45,46)(H,47,48)/b37-16+. The number of nitrogens with one attached hydrogen (secondary N) is 3. The monoisotopic (exact) mass is 756 g/mol. The summed E-state index contributed by atoms with van der Waals surface area (Å²) in [5.74, 6) is -3.77. The number of benzene rings is 2. The molecule has 0 spiro atoms. The molecule has 4 aromatic rings. The van der Waals surface area contributed by atoms with E-state index in [0.717, 1.165) is 28.2 Å². The van der Waals surface area contributed by atoms with Gasteiger partial charge in [0.15, 0.2) is 10.0 Å². The first-order valence-electron chi connectivity index (χ1n) is 15.2. The number of aromatic nitrogens is 2. The number of rotatable bonds is 15. The van der Waals surface area contributed by atoms with Crippen LogP contribution in [-0.2, 0) is 22.7 Å². The van der Waals surface area contributed by atoms with Crippen LogP contribution >= 0.6 is 45.9 Å². The summed E-state index contributed by atoms with van der Waals surface area (Å²) in [7, 11) is 0. The molecule has 2 aromatic heterocycles. The third-order valence-electron chi connectivity index (χ3n) is 7.06. The SMILES string of the molecule is CC(C)=CC(NCc1cnc(C(=O)Nc2cccc(-c3cccc(NC(=O)c4ncc(C/N=C/C(C(=O)O)C(C)C)s4)c3Cl)c2Cl)s1)C(=O)O. The van der Waals surface area contributed by atoms with E-state index in [-0.39, 0.29) is 39.1 Å². The first kappa shape index (κ1) is 38.3. The van der Waals surface area contributed by atoms with E-state index in [9.17, 15) is 29.4 Å². The van der Waals surface area contributed by atoms with Gasteiger partial charge in [-0.2, -0.15) is 0 Å². The van der Waals surface area contributed by atoms with Crippen LogP contribution in [0.5, 0.6) is 0 Å². The summed E-state index contributed by atoms with van der Waals surface area (Å²) in [5.41, 5.74) is 2.49. The lowest BCUT2D eigenvalue weighted by Gasteiger charge is -2.14. The Kier molecular flexibility index (Phi) is 13.4. The summed E-state index contributed by atoms with van der Waals surface area (Å²) in [6.07, 6.45) is 6.04. The van der Waals surface area contributed by atoms with Crippen LogP contribution in [0.3, 0.4) is 0 Å². The topological polar surface area (TPSA) is 183 Å². The molecule has 4 rings (SSSR count). The van der Waals surface area contributed by atoms with Crippen molar-refractivity contribution in [1.82, 2.24) is 15.3 Å². The van der Waals surface area contributed by atoms with Gasteiger partial charge in [-0.15, -0.1) is 22.7 Å². The Morgan fingerprint density at radius 1 is 0.840 bits per heavy atom. The van der Waals surface area contributed by atoms with Gasteiger partial charge >= 0.3 is 11.9 Å². The molecule has 0 radical (unpaired) electrons. The molecule has 50 heavy (non-hydrogen) atoms. The summed E-state index contributed by atoms with van der Waals surface area (Å²) >= 11 is 15.8. The summed E-state index contributed by atoms with van der Waals surface area (Å²) < 4.78 is 0. The van der Waals surface area contributed by atoms with E-state index in [4.69, 9.17) is 23.2 Å². The van der Waals surface area contributed by atoms with Gasteiger partial charge in [-0.3, -0.25) is 29.5 Å². The molecule has 12 nitrogen and oxygen atoms in total. The largest absolute Gasteiger partial charge is 0.481 e. The fraction of sp³-hybridized carbons (Fsp3) is 0.265. The van der Waals surface area contributed by atoms with Crippen LogP contribution < -0.4 is 16.0 Å². The van der Waals surface area contributed by atoms with E-state index < -0.39 is 35.7 Å². The Morgan fingerprint density at radius 3 is 1.84 bits per heavy atom. The number of halogens is 2. The molecule has 2 aromatic carbocycles. The molecular formula is C34H34Cl2N6O6S2. The quantitative estimate of drug-likeness (QED) is 0.0605. The Bertz CT molecular complexity index is 1950. The average molecular weight is 758 g/mol. The lowest BCUT2D eigenvalue weighted by molar-refractivity contribution is -0.140. The van der Waals surface area contributed by atoms with E-state index in [1.54, 1.807) is 56.3 Å². The fourth-order valence-electron chi connectivity index (χ4n) is 4.54. The molecule has 2 unspecified atom stereocenters. The van der Waals surface area contributed by atoms with Crippen molar-refractivity contribution in [3.63, 3.8) is 0 Å². The van der Waals surface area contributed by atoms with Crippen LogP contribution in [0.1, 0.15) is 57.1 Å². The lowest BCUT2D eigenvalue weighted by Crippen LogP contribution is -2.34. The van der Waals surface area contributed by atoms with E-state index in [0.29, 0.717) is 32.3 Å². The maximum absolute atomic E-state index is 13.1. The molecule has 0 aliphatic carbocycles. The summed E-state index contributed by atoms with van der Waals surface area (Å²) in [5, 5.41) is 28.0. The molecule has 2 heterocycles. The van der Waals surface area contributed by atoms with Crippen molar-refractivity contribution < 1.29 is 29.4 Å². The fourth-order valence-corrected chi connectivity index (χ4v) is 6.59. The number of hydrogen-bond donors (Lipinski definition) is 5. The van der Waals surface area contributed by atoms with E-state index in [1.807, 2.05) is 13.8 Å². The van der Waals surface area contributed by atoms with Crippen LogP contribution in [0.15, 0.2) is 65.4 Å². The second-order valence-corrected chi connectivity index (χ2v) is 14.5. The minimum atomic E-state index is -1.01. The second-order valence-electron chi connectivity index (χ2n) is 11.5. The van der Waals surface area contributed by atoms with Gasteiger partial charge in [-0.1, -0.05) is 73.0 Å². The van der Waals surface area contributed by atoms with Crippen molar-refractivity contribution in [2.75, 3.05) is 10.6 Å². The highest BCUT2D eigenvalue weighted by Crippen LogP contribution is 2.40. The van der Waals surface area contributed by atoms with E-state index in [2.05, 4.69) is 30.9 Å². The zero-order chi connectivity index (χ0) is 36.5. The number of carbonyl (C=O) groups excluding carboxylic acids is 2. The van der Waals surface area contributed by atoms with Crippen LogP contribution in [0, 0.1) is 11.8 Å². The number of hydrogen-bond acceptors (Lipinski definition) is 10. The van der Waals surface area contributed by atoms with Gasteiger partial charge in [0.2, 0.25) is 0 Å². The maximum Gasteiger partial charge on any atom is 0.324 e. The Balaban J connectivity index is 1.44. The van der Waals surface area contributed by atoms with Crippen molar-refractivity contribution in [3.05, 3.63) is 90.3 Å². The molecule has 5 N–H and O–H groups in total. The minimum absolute atomic E-state index is 0.114. The number of nitrogens with zero attached hydrogens (tertiary/aromatic N) is 3. The molecular weight excluding hydrogens is 723 g/mol. The number of carboxylic acid groups (broad SMARTS) is 2. The molecule has 2 atom stereocenters. The molecule has 0 bridgehead atoms. The number of thiazole rings is 2. The highest BCUT2D eigenvalue weighted by atomic mass is 35.5. The van der Waals surface area contributed by atoms with Crippen molar-refractivity contribution in [3.8, 4) is 11.1 Å². The van der Waals surface area contributed by atoms with E-state index >= 15 is 0 Å². The predicted octanol–water partition coefficient (Wildman–Crippen LogP) is 7.51. The van der Waals surface area contributed by atoms with Crippen molar-refractivity contribution in [1.29, 1.82) is 0 Å². The molecule has 2 amide bonds. The lowest BCUT2D eigenvalue weighted by atomic mass is 9.98. The highest BCUT2D eigenvalue weighted by Gasteiger charge is 2.21. The first-order valence-corrected chi connectivity index (χ1v) is 17.6. The van der Waals surface area contributed by atoms with Crippen LogP contribution in [-0.4, -0.2) is 56.2 Å². The molecule has 0 aliphatic rings. The number of carboxylic acids is 2. The Morgan fingerprint density at radius 2 is 1.36 bits per heavy atom. The van der Waals surface area contributed by atoms with Crippen molar-refractivity contribution in [2.45, 2.75) is 46.8 Å². The molecule has 0 saturated heterocycles. The normalized spacial score (nSPS) is 12.5. The van der Waals surface area contributed by atoms with Gasteiger partial charge in [-0.05, 0) is 31.9 Å². The number of aliphatic imine (C=N–C) groups is 1. The summed E-state index contributed by atoms with van der Waals surface area (Å²) in [4.78, 5) is 63.0. The van der Waals surface area contributed by atoms with Gasteiger partial charge in [0.05, 0.1) is 33.9 Å². The van der Waals surface area contributed by atoms with Crippen molar-refractivity contribution >= 4 is 87.2 Å². The van der Waals surface area contributed by atoms with Gasteiger partial charge in [0, 0.05) is 46.0 Å². The number of anilines is 2. The smallest absolute Gasteiger partial charge is 0.324 e. The second kappa shape index (κ2) is 17.5. The van der Waals surface area contributed by atoms with E-state index in [1.165, 1.54) is 18.6 Å².